The van der Waals surface area contributed by atoms with Crippen LogP contribution in [0.2, 0.25) is 0 Å². The van der Waals surface area contributed by atoms with Crippen LogP contribution in [0.25, 0.3) is 0 Å². The lowest BCUT2D eigenvalue weighted by Crippen LogP contribution is -2.23. The lowest BCUT2D eigenvalue weighted by atomic mass is 9.96. The fourth-order valence-corrected chi connectivity index (χ4v) is 1.63. The van der Waals surface area contributed by atoms with Crippen LogP contribution in [0.5, 0.6) is 0 Å². The van der Waals surface area contributed by atoms with Crippen LogP contribution in [0, 0.1) is 0 Å². The van der Waals surface area contributed by atoms with Crippen LogP contribution < -0.4 is 0 Å². The maximum atomic E-state index is 9.79. The molecule has 0 aliphatic carbocycles. The maximum Gasteiger partial charge on any atom is 0.107 e. The predicted octanol–water partition coefficient (Wildman–Crippen LogP) is 1.03. The summed E-state index contributed by atoms with van der Waals surface area (Å²) in [5.74, 6) is 0. The lowest BCUT2D eigenvalue weighted by molar-refractivity contribution is -0.0156. The van der Waals surface area contributed by atoms with E-state index in [1.807, 2.05) is 18.2 Å². The van der Waals surface area contributed by atoms with Gasteiger partial charge in [-0.3, -0.25) is 0 Å². The van der Waals surface area contributed by atoms with Gasteiger partial charge >= 0.3 is 0 Å². The summed E-state index contributed by atoms with van der Waals surface area (Å²) in [4.78, 5) is 0. The normalized spacial score (nSPS) is 14.9. The van der Waals surface area contributed by atoms with Gasteiger partial charge in [0.1, 0.15) is 12.2 Å². The summed E-state index contributed by atoms with van der Waals surface area (Å²) < 4.78 is 0. The predicted molar refractivity (Wildman–Crippen MR) is 58.5 cm³/mol. The van der Waals surface area contributed by atoms with E-state index < -0.39 is 18.8 Å². The van der Waals surface area contributed by atoms with E-state index in [2.05, 4.69) is 6.92 Å². The molecule has 3 nitrogen and oxygen atoms in total. The molecule has 0 amide bonds. The molecule has 0 bridgehead atoms. The summed E-state index contributed by atoms with van der Waals surface area (Å²) in [5, 5.41) is 27.9. The van der Waals surface area contributed by atoms with Crippen LogP contribution in [-0.2, 0) is 6.42 Å². The van der Waals surface area contributed by atoms with E-state index in [0.717, 1.165) is 18.4 Å². The summed E-state index contributed by atoms with van der Waals surface area (Å²) in [6, 6.07) is 7.45. The molecule has 0 radical (unpaired) electrons. The average Bonchev–Trinajstić information content (AvgIpc) is 2.28. The first kappa shape index (κ1) is 12.2. The molecule has 0 aliphatic rings. The van der Waals surface area contributed by atoms with Gasteiger partial charge in [-0.1, -0.05) is 37.6 Å². The first-order valence-corrected chi connectivity index (χ1v) is 5.25. The zero-order valence-electron chi connectivity index (χ0n) is 8.93. The van der Waals surface area contributed by atoms with Crippen LogP contribution >= 0.6 is 0 Å². The van der Waals surface area contributed by atoms with Gasteiger partial charge in [0.25, 0.3) is 0 Å². The van der Waals surface area contributed by atoms with Gasteiger partial charge in [-0.05, 0) is 17.5 Å². The standard InChI is InChI=1S/C12H18O3/c1-2-5-9-6-3-4-7-10(9)12(15)11(14)8-13/h3-4,6-7,11-15H,2,5,8H2,1H3. The molecule has 3 N–H and O–H groups in total. The number of aryl methyl sites for hydroxylation is 1. The topological polar surface area (TPSA) is 60.7 Å². The van der Waals surface area contributed by atoms with Crippen molar-refractivity contribution in [1.29, 1.82) is 0 Å². The van der Waals surface area contributed by atoms with Crippen LogP contribution in [-0.4, -0.2) is 28.0 Å². The maximum absolute atomic E-state index is 9.79. The van der Waals surface area contributed by atoms with Gasteiger partial charge in [0.15, 0.2) is 0 Å². The van der Waals surface area contributed by atoms with Crippen molar-refractivity contribution in [3.63, 3.8) is 0 Å². The smallest absolute Gasteiger partial charge is 0.107 e. The Labute approximate surface area is 90.0 Å². The van der Waals surface area contributed by atoms with Crippen LogP contribution in [0.4, 0.5) is 0 Å². The number of aliphatic hydroxyl groups is 3. The minimum absolute atomic E-state index is 0.429. The van der Waals surface area contributed by atoms with E-state index in [1.54, 1.807) is 6.07 Å². The Morgan fingerprint density at radius 2 is 1.87 bits per heavy atom. The van der Waals surface area contributed by atoms with Gasteiger partial charge in [-0.25, -0.2) is 0 Å². The summed E-state index contributed by atoms with van der Waals surface area (Å²) in [5.41, 5.74) is 1.74. The highest BCUT2D eigenvalue weighted by atomic mass is 16.4. The van der Waals surface area contributed by atoms with E-state index in [1.165, 1.54) is 0 Å². The molecule has 0 spiro atoms. The quantitative estimate of drug-likeness (QED) is 0.680. The number of rotatable bonds is 5. The van der Waals surface area contributed by atoms with Crippen molar-refractivity contribution in [3.8, 4) is 0 Å². The van der Waals surface area contributed by atoms with Crippen LogP contribution in [0.1, 0.15) is 30.6 Å². The molecular weight excluding hydrogens is 192 g/mol. The molecule has 1 aromatic carbocycles. The van der Waals surface area contributed by atoms with Gasteiger partial charge in [0.2, 0.25) is 0 Å². The first-order chi connectivity index (χ1) is 7.20. The molecule has 1 aromatic rings. The molecule has 0 fully saturated rings. The lowest BCUT2D eigenvalue weighted by Gasteiger charge is -2.19. The van der Waals surface area contributed by atoms with E-state index in [4.69, 9.17) is 5.11 Å². The van der Waals surface area contributed by atoms with Gasteiger partial charge in [-0.15, -0.1) is 0 Å². The zero-order chi connectivity index (χ0) is 11.3. The molecule has 1 rings (SSSR count). The van der Waals surface area contributed by atoms with Crippen molar-refractivity contribution in [1.82, 2.24) is 0 Å². The molecule has 84 valence electrons. The summed E-state index contributed by atoms with van der Waals surface area (Å²) in [6.07, 6.45) is -0.259. The molecule has 2 atom stereocenters. The molecule has 0 aliphatic heterocycles. The largest absolute Gasteiger partial charge is 0.394 e. The second-order valence-corrected chi connectivity index (χ2v) is 3.64. The average molecular weight is 210 g/mol. The summed E-state index contributed by atoms with van der Waals surface area (Å²) in [7, 11) is 0. The molecule has 3 heteroatoms. The van der Waals surface area contributed by atoms with E-state index in [9.17, 15) is 10.2 Å². The second-order valence-electron chi connectivity index (χ2n) is 3.64. The van der Waals surface area contributed by atoms with Crippen molar-refractivity contribution in [2.24, 2.45) is 0 Å². The fourth-order valence-electron chi connectivity index (χ4n) is 1.63. The third-order valence-electron chi connectivity index (χ3n) is 2.44. The summed E-state index contributed by atoms with van der Waals surface area (Å²) in [6.45, 7) is 1.63. The molecular formula is C12H18O3. The Kier molecular flexibility index (Phi) is 4.75. The van der Waals surface area contributed by atoms with Gasteiger partial charge in [0, 0.05) is 0 Å². The van der Waals surface area contributed by atoms with Gasteiger partial charge in [-0.2, -0.15) is 0 Å². The third kappa shape index (κ3) is 3.02. The summed E-state index contributed by atoms with van der Waals surface area (Å²) >= 11 is 0. The molecule has 0 heterocycles. The Morgan fingerprint density at radius 1 is 1.20 bits per heavy atom. The SMILES string of the molecule is CCCc1ccccc1C(O)C(O)CO. The van der Waals surface area contributed by atoms with Crippen molar-refractivity contribution < 1.29 is 15.3 Å². The monoisotopic (exact) mass is 210 g/mol. The number of hydrogen-bond donors (Lipinski definition) is 3. The molecule has 0 aromatic heterocycles. The fraction of sp³-hybridized carbons (Fsp3) is 0.500. The molecule has 15 heavy (non-hydrogen) atoms. The highest BCUT2D eigenvalue weighted by Crippen LogP contribution is 2.22. The third-order valence-corrected chi connectivity index (χ3v) is 2.44. The molecule has 0 saturated heterocycles. The van der Waals surface area contributed by atoms with Crippen LogP contribution in [0.15, 0.2) is 24.3 Å². The van der Waals surface area contributed by atoms with E-state index in [0.29, 0.717) is 5.56 Å². The Hall–Kier alpha value is -0.900. The number of hydrogen-bond acceptors (Lipinski definition) is 3. The van der Waals surface area contributed by atoms with E-state index >= 15 is 0 Å². The van der Waals surface area contributed by atoms with Crippen molar-refractivity contribution >= 4 is 0 Å². The van der Waals surface area contributed by atoms with E-state index in [-0.39, 0.29) is 0 Å². The minimum atomic E-state index is -1.11. The number of benzene rings is 1. The van der Waals surface area contributed by atoms with Crippen molar-refractivity contribution in [3.05, 3.63) is 35.4 Å². The minimum Gasteiger partial charge on any atom is -0.394 e. The highest BCUT2D eigenvalue weighted by molar-refractivity contribution is 5.29. The van der Waals surface area contributed by atoms with Crippen LogP contribution in [0.3, 0.4) is 0 Å². The molecule has 0 saturated carbocycles. The highest BCUT2D eigenvalue weighted by Gasteiger charge is 2.19. The Morgan fingerprint density at radius 3 is 2.47 bits per heavy atom. The number of aliphatic hydroxyl groups excluding tert-OH is 3. The van der Waals surface area contributed by atoms with Gasteiger partial charge < -0.3 is 15.3 Å². The van der Waals surface area contributed by atoms with Gasteiger partial charge in [0.05, 0.1) is 6.61 Å². The zero-order valence-corrected chi connectivity index (χ0v) is 8.93. The first-order valence-electron chi connectivity index (χ1n) is 5.25. The van der Waals surface area contributed by atoms with Crippen molar-refractivity contribution in [2.75, 3.05) is 6.61 Å². The Bertz CT molecular complexity index is 299. The van der Waals surface area contributed by atoms with Crippen molar-refractivity contribution in [2.45, 2.75) is 32.0 Å². The second kappa shape index (κ2) is 5.85. The molecule has 2 unspecified atom stereocenters. The Balaban J connectivity index is 2.91.